The van der Waals surface area contributed by atoms with Crippen LogP contribution in [0.1, 0.15) is 31.9 Å². The number of ether oxygens (including phenoxy) is 2. The number of nitrogens with one attached hydrogen (secondary N) is 1. The largest absolute Gasteiger partial charge is 0.490 e. The van der Waals surface area contributed by atoms with Gasteiger partial charge in [0.1, 0.15) is 24.7 Å². The summed E-state index contributed by atoms with van der Waals surface area (Å²) in [5.74, 6) is 1.75. The molecule has 0 spiro atoms. The fourth-order valence-corrected chi connectivity index (χ4v) is 2.17. The Kier molecular flexibility index (Phi) is 6.78. The van der Waals surface area contributed by atoms with Crippen molar-refractivity contribution < 1.29 is 9.47 Å². The zero-order valence-electron chi connectivity index (χ0n) is 13.4. The van der Waals surface area contributed by atoms with E-state index in [1.165, 1.54) is 5.56 Å². The molecule has 2 rings (SSSR count). The fraction of sp³-hybridized carbons (Fsp3) is 0.368. The van der Waals surface area contributed by atoms with Gasteiger partial charge < -0.3 is 14.8 Å². The summed E-state index contributed by atoms with van der Waals surface area (Å²) in [7, 11) is 0. The summed E-state index contributed by atoms with van der Waals surface area (Å²) in [5.41, 5.74) is 1.28. The van der Waals surface area contributed by atoms with Crippen LogP contribution in [-0.2, 0) is 0 Å². The molecule has 1 atom stereocenters. The van der Waals surface area contributed by atoms with Crippen molar-refractivity contribution in [1.29, 1.82) is 0 Å². The summed E-state index contributed by atoms with van der Waals surface area (Å²) in [4.78, 5) is 0. The zero-order chi connectivity index (χ0) is 15.6. The average Bonchev–Trinajstić information content (AvgIpc) is 2.58. The molecule has 0 heterocycles. The van der Waals surface area contributed by atoms with Crippen LogP contribution in [0.3, 0.4) is 0 Å². The molecule has 0 fully saturated rings. The second-order valence-corrected chi connectivity index (χ2v) is 5.25. The minimum atomic E-state index is 0.371. The van der Waals surface area contributed by atoms with Crippen molar-refractivity contribution >= 4 is 0 Å². The number of rotatable bonds is 9. The molecule has 0 amide bonds. The topological polar surface area (TPSA) is 30.5 Å². The van der Waals surface area contributed by atoms with Crippen LogP contribution in [0.25, 0.3) is 0 Å². The molecule has 0 radical (unpaired) electrons. The summed E-state index contributed by atoms with van der Waals surface area (Å²) in [6, 6.07) is 18.4. The highest BCUT2D eigenvalue weighted by atomic mass is 16.5. The first-order valence-corrected chi connectivity index (χ1v) is 7.93. The number of hydrogen-bond donors (Lipinski definition) is 1. The van der Waals surface area contributed by atoms with Gasteiger partial charge in [0.15, 0.2) is 0 Å². The van der Waals surface area contributed by atoms with Crippen molar-refractivity contribution in [2.45, 2.75) is 26.3 Å². The van der Waals surface area contributed by atoms with Gasteiger partial charge in [-0.05, 0) is 49.7 Å². The Labute approximate surface area is 133 Å². The van der Waals surface area contributed by atoms with Gasteiger partial charge in [-0.25, -0.2) is 0 Å². The van der Waals surface area contributed by atoms with Crippen molar-refractivity contribution in [2.24, 2.45) is 0 Å². The highest BCUT2D eigenvalue weighted by Gasteiger charge is 2.04. The van der Waals surface area contributed by atoms with Crippen LogP contribution in [-0.4, -0.2) is 19.8 Å². The minimum Gasteiger partial charge on any atom is -0.490 e. The third-order valence-corrected chi connectivity index (χ3v) is 3.44. The molecular weight excluding hydrogens is 274 g/mol. The van der Waals surface area contributed by atoms with Crippen LogP contribution >= 0.6 is 0 Å². The third-order valence-electron chi connectivity index (χ3n) is 3.44. The number of para-hydroxylation sites is 1. The van der Waals surface area contributed by atoms with E-state index in [2.05, 4.69) is 31.3 Å². The molecule has 0 saturated heterocycles. The van der Waals surface area contributed by atoms with Gasteiger partial charge in [-0.1, -0.05) is 37.3 Å². The molecule has 0 aliphatic rings. The normalized spacial score (nSPS) is 11.9. The van der Waals surface area contributed by atoms with Gasteiger partial charge in [-0.3, -0.25) is 0 Å². The van der Waals surface area contributed by atoms with Gasteiger partial charge in [-0.15, -0.1) is 0 Å². The van der Waals surface area contributed by atoms with Gasteiger partial charge in [0.25, 0.3) is 0 Å². The summed E-state index contributed by atoms with van der Waals surface area (Å²) in [5, 5.41) is 3.48. The minimum absolute atomic E-state index is 0.371. The van der Waals surface area contributed by atoms with E-state index >= 15 is 0 Å². The molecule has 0 aliphatic carbocycles. The Bertz CT molecular complexity index is 525. The third kappa shape index (κ3) is 5.41. The van der Waals surface area contributed by atoms with Crippen molar-refractivity contribution in [3.63, 3.8) is 0 Å². The first kappa shape index (κ1) is 16.4. The maximum Gasteiger partial charge on any atom is 0.122 e. The van der Waals surface area contributed by atoms with Crippen molar-refractivity contribution in [3.05, 3.63) is 60.2 Å². The van der Waals surface area contributed by atoms with E-state index in [9.17, 15) is 0 Å². The van der Waals surface area contributed by atoms with Crippen molar-refractivity contribution in [1.82, 2.24) is 5.32 Å². The molecule has 2 aromatic rings. The van der Waals surface area contributed by atoms with E-state index in [1.54, 1.807) is 0 Å². The molecule has 0 aromatic heterocycles. The van der Waals surface area contributed by atoms with Crippen molar-refractivity contribution in [3.8, 4) is 11.5 Å². The Morgan fingerprint density at radius 3 is 2.05 bits per heavy atom. The van der Waals surface area contributed by atoms with E-state index < -0.39 is 0 Å². The second-order valence-electron chi connectivity index (χ2n) is 5.25. The van der Waals surface area contributed by atoms with Gasteiger partial charge in [0, 0.05) is 6.04 Å². The van der Waals surface area contributed by atoms with Gasteiger partial charge in [-0.2, -0.15) is 0 Å². The number of hydrogen-bond acceptors (Lipinski definition) is 3. The van der Waals surface area contributed by atoms with Gasteiger partial charge >= 0.3 is 0 Å². The standard InChI is InChI=1S/C19H25NO2/c1-3-13-20-16(2)17-9-11-19(12-10-17)22-15-14-21-18-7-5-4-6-8-18/h4-12,16,20H,3,13-15H2,1-2H3. The Morgan fingerprint density at radius 2 is 1.45 bits per heavy atom. The summed E-state index contributed by atoms with van der Waals surface area (Å²) >= 11 is 0. The second kappa shape index (κ2) is 9.11. The SMILES string of the molecule is CCCNC(C)c1ccc(OCCOc2ccccc2)cc1. The average molecular weight is 299 g/mol. The molecule has 22 heavy (non-hydrogen) atoms. The van der Waals surface area contributed by atoms with Crippen LogP contribution in [0.5, 0.6) is 11.5 Å². The van der Waals surface area contributed by atoms with Crippen LogP contribution in [0.2, 0.25) is 0 Å². The quantitative estimate of drug-likeness (QED) is 0.704. The first-order chi connectivity index (χ1) is 10.8. The molecule has 0 saturated carbocycles. The van der Waals surface area contributed by atoms with Gasteiger partial charge in [0.05, 0.1) is 0 Å². The van der Waals surface area contributed by atoms with E-state index in [4.69, 9.17) is 9.47 Å². The van der Waals surface area contributed by atoms with E-state index in [0.29, 0.717) is 19.3 Å². The van der Waals surface area contributed by atoms with Crippen LogP contribution < -0.4 is 14.8 Å². The Balaban J connectivity index is 1.72. The summed E-state index contributed by atoms with van der Waals surface area (Å²) in [6.45, 7) is 6.47. The lowest BCUT2D eigenvalue weighted by atomic mass is 10.1. The lowest BCUT2D eigenvalue weighted by Gasteiger charge is -2.14. The summed E-state index contributed by atoms with van der Waals surface area (Å²) in [6.07, 6.45) is 1.15. The first-order valence-electron chi connectivity index (χ1n) is 7.93. The molecule has 0 bridgehead atoms. The predicted octanol–water partition coefficient (Wildman–Crippen LogP) is 4.21. The Hall–Kier alpha value is -2.00. The van der Waals surface area contributed by atoms with Crippen molar-refractivity contribution in [2.75, 3.05) is 19.8 Å². The smallest absolute Gasteiger partial charge is 0.122 e. The maximum atomic E-state index is 5.70. The van der Waals surface area contributed by atoms with Gasteiger partial charge in [0.2, 0.25) is 0 Å². The molecular formula is C19H25NO2. The summed E-state index contributed by atoms with van der Waals surface area (Å²) < 4.78 is 11.3. The predicted molar refractivity (Wildman–Crippen MR) is 90.6 cm³/mol. The highest BCUT2D eigenvalue weighted by Crippen LogP contribution is 2.17. The molecule has 0 aliphatic heterocycles. The monoisotopic (exact) mass is 299 g/mol. The molecule has 118 valence electrons. The molecule has 3 nitrogen and oxygen atoms in total. The van der Waals surface area contributed by atoms with Crippen LogP contribution in [0, 0.1) is 0 Å². The van der Waals surface area contributed by atoms with E-state index in [-0.39, 0.29) is 0 Å². The van der Waals surface area contributed by atoms with E-state index in [1.807, 2.05) is 42.5 Å². The molecule has 2 aromatic carbocycles. The van der Waals surface area contributed by atoms with E-state index in [0.717, 1.165) is 24.5 Å². The maximum absolute atomic E-state index is 5.70. The molecule has 1 N–H and O–H groups in total. The highest BCUT2D eigenvalue weighted by molar-refractivity contribution is 5.29. The lowest BCUT2D eigenvalue weighted by Crippen LogP contribution is -2.19. The fourth-order valence-electron chi connectivity index (χ4n) is 2.17. The molecule has 1 unspecified atom stereocenters. The zero-order valence-corrected chi connectivity index (χ0v) is 13.4. The number of benzene rings is 2. The van der Waals surface area contributed by atoms with Crippen LogP contribution in [0.4, 0.5) is 0 Å². The van der Waals surface area contributed by atoms with Crippen LogP contribution in [0.15, 0.2) is 54.6 Å². The lowest BCUT2D eigenvalue weighted by molar-refractivity contribution is 0.217. The Morgan fingerprint density at radius 1 is 0.864 bits per heavy atom. The molecule has 3 heteroatoms.